The topological polar surface area (TPSA) is 72.0 Å². The van der Waals surface area contributed by atoms with Gasteiger partial charge in [-0.2, -0.15) is 5.10 Å². The van der Waals surface area contributed by atoms with Gasteiger partial charge in [-0.25, -0.2) is 5.10 Å². The Balaban J connectivity index is 1.83. The van der Waals surface area contributed by atoms with E-state index in [4.69, 9.17) is 4.74 Å². The average Bonchev–Trinajstić information content (AvgIpc) is 2.63. The van der Waals surface area contributed by atoms with Crippen LogP contribution >= 0.6 is 15.9 Å². The minimum atomic E-state index is -0.503. The number of hydrogen-bond acceptors (Lipinski definition) is 4. The zero-order valence-corrected chi connectivity index (χ0v) is 14.8. The van der Waals surface area contributed by atoms with Crippen molar-refractivity contribution in [1.82, 2.24) is 10.2 Å². The highest BCUT2D eigenvalue weighted by molar-refractivity contribution is 9.10. The molecule has 6 heteroatoms. The zero-order chi connectivity index (χ0) is 17.6. The Labute approximate surface area is 152 Å². The van der Waals surface area contributed by atoms with Crippen LogP contribution < -0.4 is 5.56 Å². The number of hydrogen-bond donors (Lipinski definition) is 1. The highest BCUT2D eigenvalue weighted by Gasteiger charge is 2.20. The van der Waals surface area contributed by atoms with Crippen molar-refractivity contribution in [2.45, 2.75) is 12.5 Å². The summed E-state index contributed by atoms with van der Waals surface area (Å²) in [6.07, 6.45) is -0.551. The van der Waals surface area contributed by atoms with Gasteiger partial charge in [0.05, 0.1) is 12.1 Å². The maximum absolute atomic E-state index is 12.4. The molecule has 0 atom stereocenters. The molecule has 1 heterocycles. The standard InChI is InChI=1S/C19H15BrN2O3/c20-15-11-17(23)22-21-16(15)12-18(24)25-19(13-7-3-1-4-8-13)14-9-5-2-6-10-14/h1-11,19H,12H2,(H,22,23). The minimum absolute atomic E-state index is 0.0481. The molecule has 0 aliphatic heterocycles. The summed E-state index contributed by atoms with van der Waals surface area (Å²) >= 11 is 3.24. The summed E-state index contributed by atoms with van der Waals surface area (Å²) < 4.78 is 6.20. The Morgan fingerprint density at radius 2 is 1.60 bits per heavy atom. The second kappa shape index (κ2) is 7.90. The molecule has 1 aromatic heterocycles. The van der Waals surface area contributed by atoms with Crippen LogP contribution in [0.3, 0.4) is 0 Å². The number of ether oxygens (including phenoxy) is 1. The summed E-state index contributed by atoms with van der Waals surface area (Å²) in [6, 6.07) is 20.4. The Bertz CT molecular complexity index is 871. The molecule has 0 aliphatic carbocycles. The lowest BCUT2D eigenvalue weighted by Gasteiger charge is -2.19. The molecule has 0 aliphatic rings. The van der Waals surface area contributed by atoms with Crippen LogP contribution in [0.25, 0.3) is 0 Å². The number of aromatic amines is 1. The number of rotatable bonds is 5. The fraction of sp³-hybridized carbons (Fsp3) is 0.105. The van der Waals surface area contributed by atoms with Crippen molar-refractivity contribution in [3.8, 4) is 0 Å². The van der Waals surface area contributed by atoms with Crippen molar-refractivity contribution in [3.63, 3.8) is 0 Å². The summed E-state index contributed by atoms with van der Waals surface area (Å²) in [5.74, 6) is -0.432. The van der Waals surface area contributed by atoms with Crippen LogP contribution in [0, 0.1) is 0 Å². The van der Waals surface area contributed by atoms with E-state index >= 15 is 0 Å². The van der Waals surface area contributed by atoms with Gasteiger partial charge in [0, 0.05) is 10.5 Å². The van der Waals surface area contributed by atoms with Crippen LogP contribution in [0.5, 0.6) is 0 Å². The third-order valence-corrected chi connectivity index (χ3v) is 4.29. The molecular formula is C19H15BrN2O3. The number of carbonyl (C=O) groups excluding carboxylic acids is 1. The first-order valence-electron chi connectivity index (χ1n) is 7.67. The van der Waals surface area contributed by atoms with Crippen molar-refractivity contribution in [1.29, 1.82) is 0 Å². The van der Waals surface area contributed by atoms with Crippen molar-refractivity contribution in [2.24, 2.45) is 0 Å². The minimum Gasteiger partial charge on any atom is -0.452 e. The molecule has 2 aromatic carbocycles. The van der Waals surface area contributed by atoms with Crippen LogP contribution in [-0.4, -0.2) is 16.2 Å². The predicted octanol–water partition coefficient (Wildman–Crippen LogP) is 3.41. The number of benzene rings is 2. The lowest BCUT2D eigenvalue weighted by molar-refractivity contribution is -0.146. The second-order valence-electron chi connectivity index (χ2n) is 5.39. The van der Waals surface area contributed by atoms with E-state index in [9.17, 15) is 9.59 Å². The van der Waals surface area contributed by atoms with Crippen molar-refractivity contribution < 1.29 is 9.53 Å². The number of carbonyl (C=O) groups is 1. The first kappa shape index (κ1) is 17.1. The van der Waals surface area contributed by atoms with Gasteiger partial charge in [0.15, 0.2) is 6.10 Å². The number of aromatic nitrogens is 2. The largest absolute Gasteiger partial charge is 0.452 e. The monoisotopic (exact) mass is 398 g/mol. The van der Waals surface area contributed by atoms with Crippen LogP contribution in [0.2, 0.25) is 0 Å². The van der Waals surface area contributed by atoms with E-state index in [1.54, 1.807) is 0 Å². The number of esters is 1. The van der Waals surface area contributed by atoms with Gasteiger partial charge in [0.2, 0.25) is 0 Å². The molecule has 0 spiro atoms. The maximum Gasteiger partial charge on any atom is 0.312 e. The predicted molar refractivity (Wildman–Crippen MR) is 97.1 cm³/mol. The first-order chi connectivity index (χ1) is 12.1. The van der Waals surface area contributed by atoms with Crippen LogP contribution in [0.1, 0.15) is 22.9 Å². The van der Waals surface area contributed by atoms with Crippen molar-refractivity contribution in [3.05, 3.63) is 98.4 Å². The summed E-state index contributed by atoms with van der Waals surface area (Å²) in [5.41, 5.74) is 1.85. The molecule has 0 fully saturated rings. The molecule has 0 radical (unpaired) electrons. The molecule has 3 aromatic rings. The Hall–Kier alpha value is -2.73. The normalized spacial score (nSPS) is 10.6. The summed E-state index contributed by atoms with van der Waals surface area (Å²) in [7, 11) is 0. The molecular weight excluding hydrogens is 384 g/mol. The van der Waals surface area contributed by atoms with E-state index in [0.717, 1.165) is 11.1 Å². The third kappa shape index (κ3) is 4.42. The van der Waals surface area contributed by atoms with Gasteiger partial charge in [0.25, 0.3) is 5.56 Å². The van der Waals surface area contributed by atoms with Crippen LogP contribution in [-0.2, 0) is 16.0 Å². The first-order valence-corrected chi connectivity index (χ1v) is 8.46. The molecule has 25 heavy (non-hydrogen) atoms. The number of nitrogens with one attached hydrogen (secondary N) is 1. The molecule has 0 unspecified atom stereocenters. The van der Waals surface area contributed by atoms with E-state index in [-0.39, 0.29) is 12.0 Å². The fourth-order valence-electron chi connectivity index (χ4n) is 2.42. The van der Waals surface area contributed by atoms with Gasteiger partial charge in [-0.15, -0.1) is 0 Å². The SMILES string of the molecule is O=C(Cc1n[nH]c(=O)cc1Br)OC(c1ccccc1)c1ccccc1. The van der Waals surface area contributed by atoms with Crippen LogP contribution in [0.15, 0.2) is 76.0 Å². The molecule has 5 nitrogen and oxygen atoms in total. The molecule has 0 saturated carbocycles. The lowest BCUT2D eigenvalue weighted by Crippen LogP contribution is -2.17. The van der Waals surface area contributed by atoms with E-state index in [0.29, 0.717) is 10.2 Å². The molecule has 126 valence electrons. The average molecular weight is 399 g/mol. The number of H-pyrrole nitrogens is 1. The van der Waals surface area contributed by atoms with E-state index in [1.807, 2.05) is 60.7 Å². The smallest absolute Gasteiger partial charge is 0.312 e. The lowest BCUT2D eigenvalue weighted by atomic mass is 10.0. The van der Waals surface area contributed by atoms with Gasteiger partial charge < -0.3 is 4.74 Å². The van der Waals surface area contributed by atoms with E-state index < -0.39 is 12.1 Å². The van der Waals surface area contributed by atoms with Crippen molar-refractivity contribution >= 4 is 21.9 Å². The third-order valence-electron chi connectivity index (χ3n) is 3.60. The fourth-order valence-corrected chi connectivity index (χ4v) is 2.86. The highest BCUT2D eigenvalue weighted by atomic mass is 79.9. The zero-order valence-electron chi connectivity index (χ0n) is 13.2. The van der Waals surface area contributed by atoms with Gasteiger partial charge in [-0.3, -0.25) is 9.59 Å². The van der Waals surface area contributed by atoms with Crippen molar-refractivity contribution in [2.75, 3.05) is 0 Å². The summed E-state index contributed by atoms with van der Waals surface area (Å²) in [4.78, 5) is 23.6. The molecule has 3 rings (SSSR count). The van der Waals surface area contributed by atoms with Gasteiger partial charge in [0.1, 0.15) is 0 Å². The Morgan fingerprint density at radius 3 is 2.12 bits per heavy atom. The van der Waals surface area contributed by atoms with E-state index in [2.05, 4.69) is 26.1 Å². The van der Waals surface area contributed by atoms with E-state index in [1.165, 1.54) is 6.07 Å². The second-order valence-corrected chi connectivity index (χ2v) is 6.25. The molecule has 0 amide bonds. The van der Waals surface area contributed by atoms with Crippen LogP contribution in [0.4, 0.5) is 0 Å². The van der Waals surface area contributed by atoms with Gasteiger partial charge in [-0.05, 0) is 27.1 Å². The highest BCUT2D eigenvalue weighted by Crippen LogP contribution is 2.26. The Morgan fingerprint density at radius 1 is 1.04 bits per heavy atom. The Kier molecular flexibility index (Phi) is 5.40. The molecule has 0 saturated heterocycles. The molecule has 0 bridgehead atoms. The summed E-state index contributed by atoms with van der Waals surface area (Å²) in [6.45, 7) is 0. The quantitative estimate of drug-likeness (QED) is 0.668. The maximum atomic E-state index is 12.4. The van der Waals surface area contributed by atoms with Gasteiger partial charge in [-0.1, -0.05) is 60.7 Å². The summed E-state index contributed by atoms with van der Waals surface area (Å²) in [5, 5.41) is 6.20. The number of nitrogens with zero attached hydrogens (tertiary/aromatic N) is 1. The van der Waals surface area contributed by atoms with Gasteiger partial charge >= 0.3 is 5.97 Å². The molecule has 1 N–H and O–H groups in total. The number of halogens is 1.